The average molecular weight is 266 g/mol. The Bertz CT molecular complexity index is 627. The van der Waals surface area contributed by atoms with E-state index in [1.165, 1.54) is 17.2 Å². The van der Waals surface area contributed by atoms with Crippen molar-refractivity contribution in [2.24, 2.45) is 0 Å². The molecule has 20 heavy (non-hydrogen) atoms. The monoisotopic (exact) mass is 266 g/mol. The molecular formula is C18H18O2. The highest BCUT2D eigenvalue weighted by Crippen LogP contribution is 2.32. The molecule has 0 saturated heterocycles. The van der Waals surface area contributed by atoms with Crippen LogP contribution in [-0.2, 0) is 11.2 Å². The quantitative estimate of drug-likeness (QED) is 0.468. The van der Waals surface area contributed by atoms with Crippen LogP contribution in [0, 0.1) is 6.92 Å². The van der Waals surface area contributed by atoms with Gasteiger partial charge in [0.25, 0.3) is 0 Å². The molecule has 0 heterocycles. The predicted molar refractivity (Wildman–Crippen MR) is 81.8 cm³/mol. The maximum atomic E-state index is 11.4. The zero-order valence-corrected chi connectivity index (χ0v) is 11.8. The first-order valence-corrected chi connectivity index (χ1v) is 6.69. The van der Waals surface area contributed by atoms with Gasteiger partial charge in [-0.05, 0) is 41.7 Å². The van der Waals surface area contributed by atoms with Crippen LogP contribution < -0.4 is 4.74 Å². The smallest absolute Gasteiger partial charge is 0.335 e. The van der Waals surface area contributed by atoms with E-state index < -0.39 is 5.97 Å². The van der Waals surface area contributed by atoms with Gasteiger partial charge in [-0.1, -0.05) is 49.9 Å². The lowest BCUT2D eigenvalue weighted by atomic mass is 9.94. The molecule has 0 saturated carbocycles. The lowest BCUT2D eigenvalue weighted by molar-refractivity contribution is -0.129. The molecule has 0 unspecified atom stereocenters. The van der Waals surface area contributed by atoms with Crippen LogP contribution in [-0.4, -0.2) is 5.97 Å². The zero-order chi connectivity index (χ0) is 14.5. The molecule has 0 aromatic heterocycles. The van der Waals surface area contributed by atoms with E-state index in [-0.39, 0.29) is 0 Å². The molecule has 102 valence electrons. The SMILES string of the molecule is C=CC(=O)Oc1ccc(-c2ccccc2)c(C)c1CC. The van der Waals surface area contributed by atoms with Gasteiger partial charge >= 0.3 is 5.97 Å². The third-order valence-corrected chi connectivity index (χ3v) is 3.37. The van der Waals surface area contributed by atoms with Crippen molar-refractivity contribution in [2.45, 2.75) is 20.3 Å². The number of hydrogen-bond donors (Lipinski definition) is 0. The molecule has 0 bridgehead atoms. The minimum atomic E-state index is -0.424. The molecule has 2 rings (SSSR count). The molecule has 2 aromatic carbocycles. The van der Waals surface area contributed by atoms with Crippen molar-refractivity contribution >= 4 is 5.97 Å². The molecule has 0 aliphatic carbocycles. The Morgan fingerprint density at radius 2 is 1.90 bits per heavy atom. The van der Waals surface area contributed by atoms with E-state index in [0.29, 0.717) is 5.75 Å². The van der Waals surface area contributed by atoms with Gasteiger partial charge in [0.15, 0.2) is 0 Å². The molecule has 0 spiro atoms. The maximum Gasteiger partial charge on any atom is 0.335 e. The van der Waals surface area contributed by atoms with Crippen LogP contribution >= 0.6 is 0 Å². The van der Waals surface area contributed by atoms with E-state index in [0.717, 1.165) is 17.5 Å². The van der Waals surface area contributed by atoms with Crippen LogP contribution in [0.1, 0.15) is 18.1 Å². The molecule has 0 aliphatic heterocycles. The topological polar surface area (TPSA) is 26.3 Å². The van der Waals surface area contributed by atoms with E-state index in [1.807, 2.05) is 30.3 Å². The van der Waals surface area contributed by atoms with Gasteiger partial charge in [-0.2, -0.15) is 0 Å². The first kappa shape index (κ1) is 14.1. The summed E-state index contributed by atoms with van der Waals surface area (Å²) in [6.45, 7) is 7.55. The summed E-state index contributed by atoms with van der Waals surface area (Å²) < 4.78 is 5.30. The van der Waals surface area contributed by atoms with E-state index in [9.17, 15) is 4.79 Å². The number of benzene rings is 2. The van der Waals surface area contributed by atoms with Crippen LogP contribution in [0.3, 0.4) is 0 Å². The number of ether oxygens (including phenoxy) is 1. The summed E-state index contributed by atoms with van der Waals surface area (Å²) in [5, 5.41) is 0. The van der Waals surface area contributed by atoms with Crippen molar-refractivity contribution in [3.63, 3.8) is 0 Å². The lowest BCUT2D eigenvalue weighted by Crippen LogP contribution is -2.06. The second-order valence-electron chi connectivity index (χ2n) is 4.56. The summed E-state index contributed by atoms with van der Waals surface area (Å²) in [6, 6.07) is 14.1. The van der Waals surface area contributed by atoms with E-state index in [4.69, 9.17) is 4.74 Å². The molecule has 0 atom stereocenters. The van der Waals surface area contributed by atoms with Crippen LogP contribution in [0.15, 0.2) is 55.1 Å². The fourth-order valence-electron chi connectivity index (χ4n) is 2.35. The molecule has 2 aromatic rings. The van der Waals surface area contributed by atoms with E-state index in [2.05, 4.69) is 32.6 Å². The summed E-state index contributed by atoms with van der Waals surface area (Å²) in [5.41, 5.74) is 4.54. The number of esters is 1. The van der Waals surface area contributed by atoms with Crippen molar-refractivity contribution in [1.29, 1.82) is 0 Å². The molecule has 0 fully saturated rings. The average Bonchev–Trinajstić information content (AvgIpc) is 2.48. The minimum Gasteiger partial charge on any atom is -0.423 e. The Hall–Kier alpha value is -2.35. The molecule has 0 aliphatic rings. The van der Waals surface area contributed by atoms with Crippen molar-refractivity contribution in [2.75, 3.05) is 0 Å². The highest BCUT2D eigenvalue weighted by Gasteiger charge is 2.12. The van der Waals surface area contributed by atoms with Gasteiger partial charge in [-0.3, -0.25) is 0 Å². The number of hydrogen-bond acceptors (Lipinski definition) is 2. The van der Waals surface area contributed by atoms with Crippen molar-refractivity contribution in [1.82, 2.24) is 0 Å². The van der Waals surface area contributed by atoms with Crippen LogP contribution in [0.25, 0.3) is 11.1 Å². The molecule has 0 radical (unpaired) electrons. The second-order valence-corrected chi connectivity index (χ2v) is 4.56. The van der Waals surface area contributed by atoms with Gasteiger partial charge in [0, 0.05) is 6.08 Å². The van der Waals surface area contributed by atoms with Crippen LogP contribution in [0.4, 0.5) is 0 Å². The van der Waals surface area contributed by atoms with Gasteiger partial charge in [-0.15, -0.1) is 0 Å². The van der Waals surface area contributed by atoms with Crippen molar-refractivity contribution < 1.29 is 9.53 Å². The summed E-state index contributed by atoms with van der Waals surface area (Å²) in [4.78, 5) is 11.4. The fourth-order valence-corrected chi connectivity index (χ4v) is 2.35. The Morgan fingerprint density at radius 3 is 2.50 bits per heavy atom. The first-order valence-electron chi connectivity index (χ1n) is 6.69. The van der Waals surface area contributed by atoms with Gasteiger partial charge in [0.1, 0.15) is 5.75 Å². The normalized spacial score (nSPS) is 10.1. The maximum absolute atomic E-state index is 11.4. The number of rotatable bonds is 4. The second kappa shape index (κ2) is 6.20. The molecule has 2 heteroatoms. The summed E-state index contributed by atoms with van der Waals surface area (Å²) in [5.74, 6) is 0.196. The van der Waals surface area contributed by atoms with E-state index >= 15 is 0 Å². The Labute approximate surface area is 119 Å². The van der Waals surface area contributed by atoms with Gasteiger partial charge in [0.05, 0.1) is 0 Å². The Kier molecular flexibility index (Phi) is 4.36. The third kappa shape index (κ3) is 2.80. The fraction of sp³-hybridized carbons (Fsp3) is 0.167. The van der Waals surface area contributed by atoms with Crippen molar-refractivity contribution in [3.8, 4) is 16.9 Å². The standard InChI is InChI=1S/C18H18O2/c1-4-15-13(3)16(14-9-7-6-8-10-14)11-12-17(15)20-18(19)5-2/h5-12H,2,4H2,1,3H3. The van der Waals surface area contributed by atoms with Crippen LogP contribution in [0.5, 0.6) is 5.75 Å². The molecule has 0 N–H and O–H groups in total. The highest BCUT2D eigenvalue weighted by atomic mass is 16.5. The van der Waals surface area contributed by atoms with Crippen LogP contribution in [0.2, 0.25) is 0 Å². The number of carbonyl (C=O) groups excluding carboxylic acids is 1. The van der Waals surface area contributed by atoms with Crippen molar-refractivity contribution in [3.05, 3.63) is 66.2 Å². The van der Waals surface area contributed by atoms with Gasteiger partial charge in [-0.25, -0.2) is 4.79 Å². The summed E-state index contributed by atoms with van der Waals surface area (Å²) in [6.07, 6.45) is 1.99. The third-order valence-electron chi connectivity index (χ3n) is 3.37. The largest absolute Gasteiger partial charge is 0.423 e. The van der Waals surface area contributed by atoms with Gasteiger partial charge in [0.2, 0.25) is 0 Å². The molecule has 0 amide bonds. The molecule has 2 nitrogen and oxygen atoms in total. The minimum absolute atomic E-state index is 0.424. The number of carbonyl (C=O) groups is 1. The Morgan fingerprint density at radius 1 is 1.20 bits per heavy atom. The van der Waals surface area contributed by atoms with E-state index in [1.54, 1.807) is 0 Å². The first-order chi connectivity index (χ1) is 9.67. The summed E-state index contributed by atoms with van der Waals surface area (Å²) in [7, 11) is 0. The zero-order valence-electron chi connectivity index (χ0n) is 11.8. The highest BCUT2D eigenvalue weighted by molar-refractivity contribution is 5.84. The van der Waals surface area contributed by atoms with Gasteiger partial charge < -0.3 is 4.74 Å². The Balaban J connectivity index is 2.49. The summed E-state index contributed by atoms with van der Waals surface area (Å²) >= 11 is 0. The predicted octanol–water partition coefficient (Wildman–Crippen LogP) is 4.32. The lowest BCUT2D eigenvalue weighted by Gasteiger charge is -2.14. The molecular weight excluding hydrogens is 248 g/mol.